The Kier molecular flexibility index (Phi) is 22.3. The minimum Gasteiger partial charge on any atom is -1.00 e. The first-order valence-electron chi connectivity index (χ1n) is 10.5. The molecule has 0 rings (SSSR count). The molecule has 0 fully saturated rings. The van der Waals surface area contributed by atoms with Gasteiger partial charge in [0, 0.05) is 6.42 Å². The lowest BCUT2D eigenvalue weighted by Gasteiger charge is -2.14. The molecule has 0 aromatic rings. The van der Waals surface area contributed by atoms with Crippen LogP contribution in [0.1, 0.15) is 110 Å². The van der Waals surface area contributed by atoms with Gasteiger partial charge in [0.15, 0.2) is 0 Å². The van der Waals surface area contributed by atoms with Crippen LogP contribution in [0.2, 0.25) is 0 Å². The first-order chi connectivity index (χ1) is 11.6. The van der Waals surface area contributed by atoms with E-state index in [-0.39, 0.29) is 17.0 Å². The molecule has 0 bridgehead atoms. The third kappa shape index (κ3) is 26.4. The zero-order valence-electron chi connectivity index (χ0n) is 16.9. The molecule has 0 saturated heterocycles. The number of unbranched alkanes of at least 4 members (excludes halogenated alkanes) is 14. The Morgan fingerprint density at radius 3 is 1.36 bits per heavy atom. The lowest BCUT2D eigenvalue weighted by molar-refractivity contribution is -1.23. The fourth-order valence-electron chi connectivity index (χ4n) is 3.01. The Balaban J connectivity index is 0. The molecule has 4 heteroatoms. The van der Waals surface area contributed by atoms with Crippen LogP contribution in [0.25, 0.3) is 0 Å². The zero-order valence-corrected chi connectivity index (χ0v) is 18.5. The molecule has 0 aliphatic rings. The Bertz CT molecular complexity index is 278. The smallest absolute Gasteiger partial charge is 0.141 e. The summed E-state index contributed by atoms with van der Waals surface area (Å²) in [6, 6.07) is 0. The van der Waals surface area contributed by atoms with Gasteiger partial charge >= 0.3 is 0 Å². The van der Waals surface area contributed by atoms with Crippen molar-refractivity contribution in [3.8, 4) is 0 Å². The molecular formula is C21H44BrNO2. The van der Waals surface area contributed by atoms with Crippen LogP contribution in [0, 0.1) is 0 Å². The Morgan fingerprint density at radius 2 is 0.960 bits per heavy atom. The summed E-state index contributed by atoms with van der Waals surface area (Å²) in [6.07, 6.45) is 25.5. The van der Waals surface area contributed by atoms with Crippen molar-refractivity contribution < 1.29 is 32.2 Å². The molecule has 0 aliphatic heterocycles. The molecule has 0 aromatic carbocycles. The fraction of sp³-hybridized carbons (Fsp3) is 0.905. The van der Waals surface area contributed by atoms with Crippen LogP contribution in [0.4, 0.5) is 0 Å². The van der Waals surface area contributed by atoms with Crippen LogP contribution in [0.3, 0.4) is 0 Å². The van der Waals surface area contributed by atoms with E-state index >= 15 is 0 Å². The number of nitrogens with zero attached hydrogens (tertiary/aromatic N) is 1. The molecule has 0 spiro atoms. The molecule has 0 atom stereocenters. The van der Waals surface area contributed by atoms with Gasteiger partial charge in [-0.2, -0.15) is 10.4 Å². The van der Waals surface area contributed by atoms with Crippen LogP contribution in [0.15, 0.2) is 12.2 Å². The van der Waals surface area contributed by atoms with Crippen molar-refractivity contribution in [2.45, 2.75) is 110 Å². The van der Waals surface area contributed by atoms with E-state index < -0.39 is 4.81 Å². The molecule has 0 heterocycles. The largest absolute Gasteiger partial charge is 1.00 e. The van der Waals surface area contributed by atoms with Gasteiger partial charge in [0.25, 0.3) is 0 Å². The molecule has 0 aliphatic carbocycles. The van der Waals surface area contributed by atoms with Crippen LogP contribution in [-0.4, -0.2) is 28.8 Å². The van der Waals surface area contributed by atoms with Gasteiger partial charge < -0.3 is 17.0 Å². The summed E-state index contributed by atoms with van der Waals surface area (Å²) in [4.78, 5) is -0.883. The summed E-state index contributed by atoms with van der Waals surface area (Å²) in [5.41, 5.74) is 0. The van der Waals surface area contributed by atoms with Gasteiger partial charge in [0.1, 0.15) is 13.6 Å². The summed E-state index contributed by atoms with van der Waals surface area (Å²) in [5, 5.41) is 18.3. The SMILES string of the molecule is CCCCCCCC/C=C\CCCCCCCCCC[N+](C)(O)O.[Br-]. The molecule has 0 radical (unpaired) electrons. The third-order valence-electron chi connectivity index (χ3n) is 4.59. The van der Waals surface area contributed by atoms with E-state index in [0.717, 1.165) is 12.8 Å². The fourth-order valence-corrected chi connectivity index (χ4v) is 3.01. The number of rotatable bonds is 18. The summed E-state index contributed by atoms with van der Waals surface area (Å²) >= 11 is 0. The number of hydrogen-bond donors (Lipinski definition) is 2. The predicted octanol–water partition coefficient (Wildman–Crippen LogP) is 4.03. The van der Waals surface area contributed by atoms with Gasteiger partial charge in [-0.15, -0.1) is 0 Å². The van der Waals surface area contributed by atoms with Crippen LogP contribution >= 0.6 is 0 Å². The van der Waals surface area contributed by atoms with Gasteiger partial charge in [-0.05, 0) is 32.1 Å². The lowest BCUT2D eigenvalue weighted by atomic mass is 10.1. The highest BCUT2D eigenvalue weighted by atomic mass is 79.9. The second kappa shape index (κ2) is 20.4. The molecule has 3 nitrogen and oxygen atoms in total. The number of allylic oxidation sites excluding steroid dienone is 2. The van der Waals surface area contributed by atoms with Crippen molar-refractivity contribution in [3.05, 3.63) is 12.2 Å². The summed E-state index contributed by atoms with van der Waals surface area (Å²) in [7, 11) is 1.40. The maximum Gasteiger partial charge on any atom is 0.141 e. The van der Waals surface area contributed by atoms with E-state index in [4.69, 9.17) is 10.4 Å². The molecular weight excluding hydrogens is 378 g/mol. The number of hydrogen-bond acceptors (Lipinski definition) is 2. The van der Waals surface area contributed by atoms with Crippen molar-refractivity contribution in [2.24, 2.45) is 0 Å². The molecule has 25 heavy (non-hydrogen) atoms. The van der Waals surface area contributed by atoms with Gasteiger partial charge in [-0.1, -0.05) is 88.1 Å². The van der Waals surface area contributed by atoms with E-state index in [1.165, 1.54) is 96.9 Å². The first kappa shape index (κ1) is 27.3. The second-order valence-corrected chi connectivity index (χ2v) is 7.46. The minimum absolute atomic E-state index is 0. The highest BCUT2D eigenvalue weighted by molar-refractivity contribution is 4.81. The Morgan fingerprint density at radius 1 is 0.600 bits per heavy atom. The monoisotopic (exact) mass is 421 g/mol. The molecule has 0 amide bonds. The summed E-state index contributed by atoms with van der Waals surface area (Å²) in [5.74, 6) is 0. The van der Waals surface area contributed by atoms with Crippen molar-refractivity contribution >= 4 is 0 Å². The Labute approximate surface area is 167 Å². The van der Waals surface area contributed by atoms with E-state index in [1.54, 1.807) is 0 Å². The molecule has 0 aromatic heterocycles. The second-order valence-electron chi connectivity index (χ2n) is 7.46. The van der Waals surface area contributed by atoms with Gasteiger partial charge in [0.2, 0.25) is 0 Å². The van der Waals surface area contributed by atoms with E-state index in [9.17, 15) is 0 Å². The van der Waals surface area contributed by atoms with Gasteiger partial charge in [-0.3, -0.25) is 0 Å². The quantitative estimate of drug-likeness (QED) is 0.152. The van der Waals surface area contributed by atoms with Crippen molar-refractivity contribution in [2.75, 3.05) is 13.6 Å². The highest BCUT2D eigenvalue weighted by Gasteiger charge is 2.12. The van der Waals surface area contributed by atoms with Crippen LogP contribution in [-0.2, 0) is 0 Å². The molecule has 2 N–H and O–H groups in total. The van der Waals surface area contributed by atoms with E-state index in [0.29, 0.717) is 6.54 Å². The van der Waals surface area contributed by atoms with E-state index in [2.05, 4.69) is 19.1 Å². The summed E-state index contributed by atoms with van der Waals surface area (Å²) in [6.45, 7) is 2.71. The minimum atomic E-state index is -0.883. The molecule has 152 valence electrons. The third-order valence-corrected chi connectivity index (χ3v) is 4.59. The normalized spacial score (nSPS) is 11.8. The van der Waals surface area contributed by atoms with E-state index in [1.807, 2.05) is 0 Å². The average molecular weight is 422 g/mol. The average Bonchev–Trinajstić information content (AvgIpc) is 2.52. The standard InChI is InChI=1S/C21H44NO2.BrH/c1-3-4-5-6-7-8-9-10-11-12-13-14-15-16-17-18-19-20-21-22(2,23)24;/h10-11,23-24H,3-9,12-21H2,1-2H3;1H/q+1;/p-1/b11-10-;. The predicted molar refractivity (Wildman–Crippen MR) is 103 cm³/mol. The van der Waals surface area contributed by atoms with Crippen LogP contribution < -0.4 is 17.0 Å². The maximum absolute atomic E-state index is 9.14. The van der Waals surface area contributed by atoms with Crippen molar-refractivity contribution in [3.63, 3.8) is 0 Å². The topological polar surface area (TPSA) is 40.5 Å². The van der Waals surface area contributed by atoms with Gasteiger partial charge in [0.05, 0.1) is 0 Å². The highest BCUT2D eigenvalue weighted by Crippen LogP contribution is 2.11. The molecule has 0 saturated carbocycles. The summed E-state index contributed by atoms with van der Waals surface area (Å²) < 4.78 is 0. The number of quaternary nitrogens is 1. The van der Waals surface area contributed by atoms with Crippen molar-refractivity contribution in [1.29, 1.82) is 0 Å². The van der Waals surface area contributed by atoms with Crippen molar-refractivity contribution in [1.82, 2.24) is 0 Å². The first-order valence-corrected chi connectivity index (χ1v) is 10.5. The molecule has 0 unspecified atom stereocenters. The number of halogens is 1. The van der Waals surface area contributed by atoms with Crippen LogP contribution in [0.5, 0.6) is 0 Å². The van der Waals surface area contributed by atoms with Gasteiger partial charge in [-0.25, -0.2) is 0 Å². The lowest BCUT2D eigenvalue weighted by Crippen LogP contribution is -3.00. The Hall–Kier alpha value is 0.100. The zero-order chi connectivity index (χ0) is 17.9. The number of hydroxylamine groups is 4. The maximum atomic E-state index is 9.14.